The first-order valence-corrected chi connectivity index (χ1v) is 6.51. The summed E-state index contributed by atoms with van der Waals surface area (Å²) in [6.07, 6.45) is 3.39. The monoisotopic (exact) mass is 259 g/mol. The van der Waals surface area contributed by atoms with Crippen molar-refractivity contribution in [3.05, 3.63) is 29.7 Å². The van der Waals surface area contributed by atoms with E-state index in [-0.39, 0.29) is 5.69 Å². The van der Waals surface area contributed by atoms with Crippen LogP contribution in [0.5, 0.6) is 0 Å². The number of rotatable bonds is 3. The van der Waals surface area contributed by atoms with E-state index in [2.05, 4.69) is 4.98 Å². The third kappa shape index (κ3) is 1.77. The number of pyridine rings is 1. The van der Waals surface area contributed by atoms with Gasteiger partial charge in [0.2, 0.25) is 0 Å². The molecule has 2 heterocycles. The van der Waals surface area contributed by atoms with Crippen LogP contribution in [0.2, 0.25) is 0 Å². The predicted octanol–water partition coefficient (Wildman–Crippen LogP) is 2.37. The lowest BCUT2D eigenvalue weighted by molar-refractivity contribution is 0.0693. The third-order valence-corrected chi connectivity index (χ3v) is 3.80. The molecule has 1 saturated carbocycles. The number of hydrogen-bond acceptors (Lipinski definition) is 3. The highest BCUT2D eigenvalue weighted by Crippen LogP contribution is 2.37. The highest BCUT2D eigenvalue weighted by molar-refractivity contribution is 5.94. The molecule has 100 valence electrons. The van der Waals surface area contributed by atoms with Crippen LogP contribution in [0.25, 0.3) is 5.52 Å². The summed E-state index contributed by atoms with van der Waals surface area (Å²) in [6.45, 7) is 0. The van der Waals surface area contributed by atoms with Crippen LogP contribution in [0, 0.1) is 0 Å². The van der Waals surface area contributed by atoms with E-state index >= 15 is 0 Å². The Morgan fingerprint density at radius 3 is 2.68 bits per heavy atom. The van der Waals surface area contributed by atoms with Gasteiger partial charge in [-0.25, -0.2) is 9.78 Å². The molecule has 1 aliphatic rings. The fourth-order valence-corrected chi connectivity index (χ4v) is 2.59. The normalized spacial score (nSPS) is 15.5. The predicted molar refractivity (Wildman–Crippen MR) is 73.1 cm³/mol. The molecular weight excluding hydrogens is 242 g/mol. The van der Waals surface area contributed by atoms with E-state index < -0.39 is 5.97 Å². The number of hydrogen-bond donors (Lipinski definition) is 1. The molecule has 5 nitrogen and oxygen atoms in total. The van der Waals surface area contributed by atoms with Crippen molar-refractivity contribution in [1.29, 1.82) is 0 Å². The Labute approximate surface area is 111 Å². The Bertz CT molecular complexity index is 641. The van der Waals surface area contributed by atoms with Crippen LogP contribution in [0.3, 0.4) is 0 Å². The van der Waals surface area contributed by atoms with E-state index in [9.17, 15) is 9.90 Å². The van der Waals surface area contributed by atoms with Gasteiger partial charge in [-0.05, 0) is 25.0 Å². The minimum absolute atomic E-state index is 0.158. The number of aromatic nitrogens is 2. The fourth-order valence-electron chi connectivity index (χ4n) is 2.59. The third-order valence-electron chi connectivity index (χ3n) is 3.80. The zero-order valence-corrected chi connectivity index (χ0v) is 11.1. The van der Waals surface area contributed by atoms with Gasteiger partial charge < -0.3 is 10.0 Å². The van der Waals surface area contributed by atoms with E-state index in [1.165, 1.54) is 6.42 Å². The smallest absolute Gasteiger partial charge is 0.356 e. The van der Waals surface area contributed by atoms with Gasteiger partial charge in [0.05, 0.1) is 5.52 Å². The van der Waals surface area contributed by atoms with Gasteiger partial charge in [-0.15, -0.1) is 0 Å². The second kappa shape index (κ2) is 4.26. The van der Waals surface area contributed by atoms with E-state index in [1.807, 2.05) is 41.6 Å². The summed E-state index contributed by atoms with van der Waals surface area (Å²) in [4.78, 5) is 17.7. The molecule has 0 aliphatic heterocycles. The van der Waals surface area contributed by atoms with Gasteiger partial charge in [-0.2, -0.15) is 0 Å². The molecule has 1 N–H and O–H groups in total. The Morgan fingerprint density at radius 2 is 2.16 bits per heavy atom. The molecule has 0 radical (unpaired) electrons. The summed E-state index contributed by atoms with van der Waals surface area (Å²) in [7, 11) is 3.92. The Kier molecular flexibility index (Phi) is 2.69. The van der Waals surface area contributed by atoms with Crippen molar-refractivity contribution in [2.75, 3.05) is 19.0 Å². The second-order valence-corrected chi connectivity index (χ2v) is 5.25. The van der Waals surface area contributed by atoms with Gasteiger partial charge in [0.25, 0.3) is 0 Å². The maximum Gasteiger partial charge on any atom is 0.356 e. The zero-order chi connectivity index (χ0) is 13.6. The minimum atomic E-state index is -0.959. The fraction of sp³-hybridized carbons (Fsp3) is 0.429. The number of anilines is 1. The number of imidazole rings is 1. The largest absolute Gasteiger partial charge is 0.476 e. The standard InChI is InChI=1S/C14H17N3O2/c1-16(2)11-8-4-7-10-12(14(18)19)15-13(17(10)11)9-5-3-6-9/h4,7-9H,3,5-6H2,1-2H3,(H,18,19). The van der Waals surface area contributed by atoms with E-state index in [0.29, 0.717) is 11.4 Å². The number of carbonyl (C=O) groups is 1. The quantitative estimate of drug-likeness (QED) is 0.919. The lowest BCUT2D eigenvalue weighted by Crippen LogP contribution is -2.17. The van der Waals surface area contributed by atoms with E-state index in [1.54, 1.807) is 0 Å². The SMILES string of the molecule is CN(C)c1cccc2c(C(=O)O)nc(C3CCC3)n12. The highest BCUT2D eigenvalue weighted by atomic mass is 16.4. The number of carboxylic acid groups (broad SMARTS) is 1. The molecule has 2 aromatic rings. The summed E-state index contributed by atoms with van der Waals surface area (Å²) in [6, 6.07) is 5.69. The average molecular weight is 259 g/mol. The van der Waals surface area contributed by atoms with Crippen LogP contribution in [0.1, 0.15) is 41.5 Å². The van der Waals surface area contributed by atoms with Crippen LogP contribution in [-0.2, 0) is 0 Å². The molecule has 1 aliphatic carbocycles. The summed E-state index contributed by atoms with van der Waals surface area (Å²) in [5.41, 5.74) is 0.839. The summed E-state index contributed by atoms with van der Waals surface area (Å²) >= 11 is 0. The Hall–Kier alpha value is -2.04. The van der Waals surface area contributed by atoms with Crippen molar-refractivity contribution < 1.29 is 9.90 Å². The second-order valence-electron chi connectivity index (χ2n) is 5.25. The van der Waals surface area contributed by atoms with Crippen molar-refractivity contribution >= 4 is 17.3 Å². The van der Waals surface area contributed by atoms with Gasteiger partial charge in [0.15, 0.2) is 5.69 Å². The number of aromatic carboxylic acids is 1. The van der Waals surface area contributed by atoms with E-state index in [0.717, 1.165) is 24.5 Å². The maximum atomic E-state index is 11.3. The maximum absolute atomic E-state index is 11.3. The minimum Gasteiger partial charge on any atom is -0.476 e. The first kappa shape index (κ1) is 12.0. The first-order valence-electron chi connectivity index (χ1n) is 6.51. The molecule has 0 amide bonds. The molecule has 3 rings (SSSR count). The first-order chi connectivity index (χ1) is 9.09. The Morgan fingerprint density at radius 1 is 1.42 bits per heavy atom. The summed E-state index contributed by atoms with van der Waals surface area (Å²) in [5.74, 6) is 1.29. The van der Waals surface area contributed by atoms with Gasteiger partial charge >= 0.3 is 5.97 Å². The topological polar surface area (TPSA) is 57.8 Å². The van der Waals surface area contributed by atoms with Gasteiger partial charge in [-0.1, -0.05) is 12.5 Å². The molecule has 19 heavy (non-hydrogen) atoms. The van der Waals surface area contributed by atoms with Crippen molar-refractivity contribution in [2.45, 2.75) is 25.2 Å². The molecule has 0 aromatic carbocycles. The molecule has 0 spiro atoms. The number of fused-ring (bicyclic) bond motifs is 1. The lowest BCUT2D eigenvalue weighted by Gasteiger charge is -2.26. The van der Waals surface area contributed by atoms with Crippen LogP contribution >= 0.6 is 0 Å². The van der Waals surface area contributed by atoms with Crippen molar-refractivity contribution in [3.63, 3.8) is 0 Å². The number of carboxylic acids is 1. The summed E-state index contributed by atoms with van der Waals surface area (Å²) < 4.78 is 1.99. The zero-order valence-electron chi connectivity index (χ0n) is 11.1. The molecule has 1 fully saturated rings. The van der Waals surface area contributed by atoms with Crippen molar-refractivity contribution in [1.82, 2.24) is 9.38 Å². The Balaban J connectivity index is 2.31. The van der Waals surface area contributed by atoms with Crippen molar-refractivity contribution in [2.24, 2.45) is 0 Å². The molecular formula is C14H17N3O2. The molecule has 0 unspecified atom stereocenters. The molecule has 2 aromatic heterocycles. The number of nitrogens with zero attached hydrogens (tertiary/aromatic N) is 3. The molecule has 0 saturated heterocycles. The highest BCUT2D eigenvalue weighted by Gasteiger charge is 2.28. The average Bonchev–Trinajstić information content (AvgIpc) is 2.66. The van der Waals surface area contributed by atoms with Gasteiger partial charge in [0.1, 0.15) is 11.6 Å². The van der Waals surface area contributed by atoms with Crippen LogP contribution in [0.4, 0.5) is 5.82 Å². The van der Waals surface area contributed by atoms with E-state index in [4.69, 9.17) is 0 Å². The van der Waals surface area contributed by atoms with Gasteiger partial charge in [0, 0.05) is 20.0 Å². The van der Waals surface area contributed by atoms with Crippen molar-refractivity contribution in [3.8, 4) is 0 Å². The van der Waals surface area contributed by atoms with Crippen LogP contribution in [0.15, 0.2) is 18.2 Å². The van der Waals surface area contributed by atoms with Gasteiger partial charge in [-0.3, -0.25) is 4.40 Å². The summed E-state index contributed by atoms with van der Waals surface area (Å²) in [5, 5.41) is 9.31. The molecule has 0 atom stereocenters. The lowest BCUT2D eigenvalue weighted by atomic mass is 9.85. The molecule has 5 heteroatoms. The van der Waals surface area contributed by atoms with Crippen LogP contribution in [-0.4, -0.2) is 34.6 Å². The molecule has 0 bridgehead atoms. The van der Waals surface area contributed by atoms with Crippen LogP contribution < -0.4 is 4.90 Å².